The third-order valence-corrected chi connectivity index (χ3v) is 3.42. The van der Waals surface area contributed by atoms with Crippen molar-refractivity contribution >= 4 is 11.6 Å². The average Bonchev–Trinajstić information content (AvgIpc) is 2.89. The fraction of sp³-hybridized carbons (Fsp3) is 0.133. The quantitative estimate of drug-likeness (QED) is 0.731. The Kier molecular flexibility index (Phi) is 3.35. The van der Waals surface area contributed by atoms with Crippen LogP contribution in [-0.2, 0) is 7.05 Å². The predicted molar refractivity (Wildman–Crippen MR) is 81.8 cm³/mol. The van der Waals surface area contributed by atoms with Crippen LogP contribution in [0.4, 0.5) is 0 Å². The summed E-state index contributed by atoms with van der Waals surface area (Å²) >= 11 is 5.90. The molecule has 3 rings (SSSR count). The van der Waals surface area contributed by atoms with E-state index >= 15 is 0 Å². The highest BCUT2D eigenvalue weighted by atomic mass is 35.5. The Bertz CT molecular complexity index is 849. The zero-order valence-corrected chi connectivity index (χ0v) is 12.4. The van der Waals surface area contributed by atoms with Gasteiger partial charge in [-0.3, -0.25) is 9.48 Å². The summed E-state index contributed by atoms with van der Waals surface area (Å²) in [6, 6.07) is 9.13. The molecule has 0 aliphatic rings. The summed E-state index contributed by atoms with van der Waals surface area (Å²) in [4.78, 5) is 12.3. The highest BCUT2D eigenvalue weighted by Gasteiger charge is 2.10. The smallest absolute Gasteiger partial charge is 0.274 e. The third kappa shape index (κ3) is 2.60. The Morgan fingerprint density at radius 3 is 2.52 bits per heavy atom. The molecule has 106 valence electrons. The van der Waals surface area contributed by atoms with E-state index < -0.39 is 0 Å². The summed E-state index contributed by atoms with van der Waals surface area (Å²) in [5.41, 5.74) is 2.73. The van der Waals surface area contributed by atoms with E-state index in [1.165, 1.54) is 4.68 Å². The Hall–Kier alpha value is -2.40. The summed E-state index contributed by atoms with van der Waals surface area (Å²) in [6.45, 7) is 1.77. The van der Waals surface area contributed by atoms with Gasteiger partial charge in [0, 0.05) is 23.2 Å². The van der Waals surface area contributed by atoms with Crippen LogP contribution in [0.3, 0.4) is 0 Å². The van der Waals surface area contributed by atoms with Gasteiger partial charge in [-0.1, -0.05) is 23.7 Å². The largest absolute Gasteiger partial charge is 0.274 e. The van der Waals surface area contributed by atoms with Gasteiger partial charge < -0.3 is 0 Å². The van der Waals surface area contributed by atoms with E-state index in [-0.39, 0.29) is 5.56 Å². The normalized spacial score (nSPS) is 10.8. The van der Waals surface area contributed by atoms with E-state index in [4.69, 9.17) is 11.6 Å². The molecule has 0 bridgehead atoms. The van der Waals surface area contributed by atoms with Crippen LogP contribution in [0.25, 0.3) is 16.9 Å². The van der Waals surface area contributed by atoms with E-state index in [2.05, 4.69) is 10.2 Å². The molecule has 0 amide bonds. The minimum atomic E-state index is -0.152. The fourth-order valence-corrected chi connectivity index (χ4v) is 2.20. The van der Waals surface area contributed by atoms with Crippen LogP contribution in [0, 0.1) is 6.92 Å². The molecule has 0 radical (unpaired) electrons. The SMILES string of the molecule is Cc1cc(-c2ccc(Cl)cc2)nn(-c2cnn(C)c2)c1=O. The molecule has 0 spiro atoms. The molecule has 2 aromatic heterocycles. The summed E-state index contributed by atoms with van der Waals surface area (Å²) in [5.74, 6) is 0. The first-order valence-electron chi connectivity index (χ1n) is 6.40. The molecule has 5 nitrogen and oxygen atoms in total. The number of benzene rings is 1. The molecule has 0 saturated heterocycles. The van der Waals surface area contributed by atoms with Crippen LogP contribution < -0.4 is 5.56 Å². The summed E-state index contributed by atoms with van der Waals surface area (Å²) in [6.07, 6.45) is 3.36. The molecule has 0 unspecified atom stereocenters. The second kappa shape index (κ2) is 5.18. The summed E-state index contributed by atoms with van der Waals surface area (Å²) in [5, 5.41) is 9.16. The highest BCUT2D eigenvalue weighted by Crippen LogP contribution is 2.19. The third-order valence-electron chi connectivity index (χ3n) is 3.17. The van der Waals surface area contributed by atoms with Crippen molar-refractivity contribution in [2.45, 2.75) is 6.92 Å². The van der Waals surface area contributed by atoms with Crippen molar-refractivity contribution in [1.82, 2.24) is 19.6 Å². The van der Waals surface area contributed by atoms with Gasteiger partial charge in [-0.15, -0.1) is 0 Å². The second-order valence-corrected chi connectivity index (χ2v) is 5.25. The Balaban J connectivity index is 2.18. The van der Waals surface area contributed by atoms with Crippen molar-refractivity contribution in [1.29, 1.82) is 0 Å². The maximum absolute atomic E-state index is 12.3. The average molecular weight is 301 g/mol. The van der Waals surface area contributed by atoms with Crippen molar-refractivity contribution < 1.29 is 0 Å². The zero-order chi connectivity index (χ0) is 15.0. The van der Waals surface area contributed by atoms with E-state index in [9.17, 15) is 4.79 Å². The van der Waals surface area contributed by atoms with Crippen LogP contribution >= 0.6 is 11.6 Å². The molecule has 0 aliphatic heterocycles. The van der Waals surface area contributed by atoms with Crippen LogP contribution in [0.5, 0.6) is 0 Å². The molecule has 0 aliphatic carbocycles. The van der Waals surface area contributed by atoms with Crippen molar-refractivity contribution in [3.63, 3.8) is 0 Å². The highest BCUT2D eigenvalue weighted by molar-refractivity contribution is 6.30. The van der Waals surface area contributed by atoms with Crippen LogP contribution in [0.2, 0.25) is 5.02 Å². The van der Waals surface area contributed by atoms with E-state index in [1.54, 1.807) is 49.2 Å². The number of hydrogen-bond donors (Lipinski definition) is 0. The number of hydrogen-bond acceptors (Lipinski definition) is 3. The molecule has 0 atom stereocenters. The summed E-state index contributed by atoms with van der Waals surface area (Å²) < 4.78 is 3.00. The first-order valence-corrected chi connectivity index (χ1v) is 6.78. The number of aryl methyl sites for hydroxylation is 2. The first kappa shape index (κ1) is 13.6. The van der Waals surface area contributed by atoms with Crippen molar-refractivity contribution in [3.05, 3.63) is 63.7 Å². The van der Waals surface area contributed by atoms with Crippen LogP contribution in [-0.4, -0.2) is 19.6 Å². The van der Waals surface area contributed by atoms with E-state index in [0.717, 1.165) is 5.56 Å². The van der Waals surface area contributed by atoms with Gasteiger partial charge in [0.25, 0.3) is 5.56 Å². The number of halogens is 1. The fourth-order valence-electron chi connectivity index (χ4n) is 2.07. The van der Waals surface area contributed by atoms with Gasteiger partial charge in [0.05, 0.1) is 18.1 Å². The van der Waals surface area contributed by atoms with Crippen molar-refractivity contribution in [3.8, 4) is 16.9 Å². The number of rotatable bonds is 2. The molecule has 3 aromatic rings. The first-order chi connectivity index (χ1) is 10.0. The minimum Gasteiger partial charge on any atom is -0.274 e. The number of aromatic nitrogens is 4. The lowest BCUT2D eigenvalue weighted by Crippen LogP contribution is -2.23. The van der Waals surface area contributed by atoms with Crippen molar-refractivity contribution in [2.24, 2.45) is 7.05 Å². The molecule has 0 N–H and O–H groups in total. The molecule has 21 heavy (non-hydrogen) atoms. The molecular weight excluding hydrogens is 288 g/mol. The molecule has 0 saturated carbocycles. The van der Waals surface area contributed by atoms with Gasteiger partial charge in [-0.05, 0) is 25.1 Å². The van der Waals surface area contributed by atoms with Gasteiger partial charge in [0.2, 0.25) is 0 Å². The van der Waals surface area contributed by atoms with Crippen LogP contribution in [0.1, 0.15) is 5.56 Å². The lowest BCUT2D eigenvalue weighted by molar-refractivity contribution is 0.762. The number of nitrogens with zero attached hydrogens (tertiary/aromatic N) is 4. The zero-order valence-electron chi connectivity index (χ0n) is 11.6. The predicted octanol–water partition coefficient (Wildman–Crippen LogP) is 2.59. The second-order valence-electron chi connectivity index (χ2n) is 4.81. The molecule has 1 aromatic carbocycles. The van der Waals surface area contributed by atoms with Gasteiger partial charge >= 0.3 is 0 Å². The standard InChI is InChI=1S/C15H13ClN4O/c1-10-7-14(11-3-5-12(16)6-4-11)18-20(15(10)21)13-8-17-19(2)9-13/h3-9H,1-2H3. The topological polar surface area (TPSA) is 52.7 Å². The van der Waals surface area contributed by atoms with Gasteiger partial charge in [0.1, 0.15) is 5.69 Å². The maximum atomic E-state index is 12.3. The molecule has 0 fully saturated rings. The lowest BCUT2D eigenvalue weighted by Gasteiger charge is -2.07. The monoisotopic (exact) mass is 300 g/mol. The van der Waals surface area contributed by atoms with Gasteiger partial charge in [-0.25, -0.2) is 0 Å². The molecule has 2 heterocycles. The Labute approximate surface area is 126 Å². The molecule has 6 heteroatoms. The van der Waals surface area contributed by atoms with E-state index in [0.29, 0.717) is 22.0 Å². The Morgan fingerprint density at radius 1 is 1.19 bits per heavy atom. The Morgan fingerprint density at radius 2 is 1.90 bits per heavy atom. The van der Waals surface area contributed by atoms with Crippen LogP contribution in [0.15, 0.2) is 47.5 Å². The van der Waals surface area contributed by atoms with Gasteiger partial charge in [0.15, 0.2) is 0 Å². The lowest BCUT2D eigenvalue weighted by atomic mass is 10.1. The van der Waals surface area contributed by atoms with E-state index in [1.807, 2.05) is 12.1 Å². The summed E-state index contributed by atoms with van der Waals surface area (Å²) in [7, 11) is 1.80. The minimum absolute atomic E-state index is 0.152. The molecular formula is C15H13ClN4O. The van der Waals surface area contributed by atoms with Crippen molar-refractivity contribution in [2.75, 3.05) is 0 Å². The maximum Gasteiger partial charge on any atom is 0.274 e. The van der Waals surface area contributed by atoms with Gasteiger partial charge in [-0.2, -0.15) is 14.9 Å².